The van der Waals surface area contributed by atoms with Crippen LogP contribution in [0.1, 0.15) is 0 Å². The molecule has 0 aliphatic rings. The molecule has 0 unspecified atom stereocenters. The van der Waals surface area contributed by atoms with Crippen LogP contribution in [-0.4, -0.2) is 35.4 Å². The fourth-order valence-electron chi connectivity index (χ4n) is 2.14. The number of hydrogen-bond acceptors (Lipinski definition) is 7. The predicted molar refractivity (Wildman–Crippen MR) is 102 cm³/mol. The molecule has 0 spiro atoms. The van der Waals surface area contributed by atoms with Crippen molar-refractivity contribution >= 4 is 29.1 Å². The lowest BCUT2D eigenvalue weighted by Crippen LogP contribution is -2.13. The Morgan fingerprint density at radius 2 is 1.81 bits per heavy atom. The molecule has 134 valence electrons. The highest BCUT2D eigenvalue weighted by Gasteiger charge is 2.04. The molecular weight excluding hydrogens is 354 g/mol. The Kier molecular flexibility index (Phi) is 6.05. The second-order valence-electron chi connectivity index (χ2n) is 5.22. The summed E-state index contributed by atoms with van der Waals surface area (Å²) in [6.45, 7) is 1.04. The molecule has 1 heterocycles. The Morgan fingerprint density at radius 3 is 2.58 bits per heavy atom. The summed E-state index contributed by atoms with van der Waals surface area (Å²) < 4.78 is 10.8. The second kappa shape index (κ2) is 8.87. The number of methoxy groups -OCH3 is 1. The highest BCUT2D eigenvalue weighted by atomic mass is 35.5. The summed E-state index contributed by atoms with van der Waals surface area (Å²) in [7, 11) is 1.63. The molecule has 0 aliphatic heterocycles. The average Bonchev–Trinajstić information content (AvgIpc) is 2.68. The molecule has 0 saturated heterocycles. The number of halogens is 1. The van der Waals surface area contributed by atoms with E-state index in [4.69, 9.17) is 21.1 Å². The van der Waals surface area contributed by atoms with Crippen molar-refractivity contribution in [1.29, 1.82) is 0 Å². The molecule has 1 aromatic heterocycles. The van der Waals surface area contributed by atoms with Crippen LogP contribution in [0.25, 0.3) is 0 Å². The quantitative estimate of drug-likeness (QED) is 0.583. The van der Waals surface area contributed by atoms with E-state index in [-0.39, 0.29) is 0 Å². The van der Waals surface area contributed by atoms with Crippen molar-refractivity contribution < 1.29 is 9.47 Å². The lowest BCUT2D eigenvalue weighted by molar-refractivity contribution is 0.331. The number of hydrogen-bond donors (Lipinski definition) is 2. The molecule has 0 atom stereocenters. The molecule has 0 amide bonds. The third-order valence-electron chi connectivity index (χ3n) is 3.42. The lowest BCUT2D eigenvalue weighted by Gasteiger charge is -2.10. The highest BCUT2D eigenvalue weighted by Crippen LogP contribution is 2.23. The molecule has 0 radical (unpaired) electrons. The van der Waals surface area contributed by atoms with Crippen molar-refractivity contribution in [1.82, 2.24) is 15.2 Å². The largest absolute Gasteiger partial charge is 0.497 e. The van der Waals surface area contributed by atoms with Gasteiger partial charge in [-0.1, -0.05) is 23.7 Å². The van der Waals surface area contributed by atoms with E-state index < -0.39 is 0 Å². The van der Waals surface area contributed by atoms with E-state index in [2.05, 4.69) is 25.8 Å². The maximum Gasteiger partial charge on any atom is 0.249 e. The summed E-state index contributed by atoms with van der Waals surface area (Å²) in [6, 6.07) is 14.8. The van der Waals surface area contributed by atoms with Crippen LogP contribution < -0.4 is 20.1 Å². The van der Waals surface area contributed by atoms with Crippen molar-refractivity contribution in [3.05, 3.63) is 59.8 Å². The van der Waals surface area contributed by atoms with Crippen LogP contribution in [0.5, 0.6) is 11.5 Å². The Bertz CT molecular complexity index is 845. The lowest BCUT2D eigenvalue weighted by atomic mass is 10.3. The Labute approximate surface area is 156 Å². The standard InChI is InChI=1S/C18H18ClN5O2/c1-25-13-6-8-14(9-7-13)26-11-10-20-17-12-21-24-18(23-17)22-16-5-3-2-4-15(16)19/h2-9,12H,10-11H2,1H3,(H2,20,22,23,24). The summed E-state index contributed by atoms with van der Waals surface area (Å²) in [5, 5.41) is 14.7. The van der Waals surface area contributed by atoms with Gasteiger partial charge >= 0.3 is 0 Å². The highest BCUT2D eigenvalue weighted by molar-refractivity contribution is 6.33. The Hall–Kier alpha value is -3.06. The van der Waals surface area contributed by atoms with E-state index in [0.717, 1.165) is 17.2 Å². The molecule has 0 bridgehead atoms. The first-order valence-electron chi connectivity index (χ1n) is 7.96. The van der Waals surface area contributed by atoms with Gasteiger partial charge in [-0.15, -0.1) is 5.10 Å². The van der Waals surface area contributed by atoms with Crippen molar-refractivity contribution in [3.8, 4) is 11.5 Å². The SMILES string of the molecule is COc1ccc(OCCNc2cnnc(Nc3ccccc3Cl)n2)cc1. The number of ether oxygens (including phenoxy) is 2. The zero-order valence-electron chi connectivity index (χ0n) is 14.1. The van der Waals surface area contributed by atoms with Crippen LogP contribution in [0, 0.1) is 0 Å². The van der Waals surface area contributed by atoms with Crippen molar-refractivity contribution in [3.63, 3.8) is 0 Å². The van der Waals surface area contributed by atoms with Crippen molar-refractivity contribution in [2.75, 3.05) is 30.9 Å². The van der Waals surface area contributed by atoms with Gasteiger partial charge in [0.25, 0.3) is 0 Å². The summed E-state index contributed by atoms with van der Waals surface area (Å²) in [6.07, 6.45) is 1.55. The van der Waals surface area contributed by atoms with Gasteiger partial charge in [0.15, 0.2) is 5.82 Å². The van der Waals surface area contributed by atoms with Gasteiger partial charge in [0.05, 0.1) is 30.6 Å². The van der Waals surface area contributed by atoms with E-state index in [9.17, 15) is 0 Å². The van der Waals surface area contributed by atoms with Gasteiger partial charge < -0.3 is 20.1 Å². The number of anilines is 3. The smallest absolute Gasteiger partial charge is 0.249 e. The third kappa shape index (κ3) is 4.97. The maximum atomic E-state index is 6.12. The zero-order valence-corrected chi connectivity index (χ0v) is 14.9. The van der Waals surface area contributed by atoms with Gasteiger partial charge in [0.1, 0.15) is 18.1 Å². The van der Waals surface area contributed by atoms with Crippen LogP contribution in [0.3, 0.4) is 0 Å². The second-order valence-corrected chi connectivity index (χ2v) is 5.63. The first-order chi connectivity index (χ1) is 12.7. The van der Waals surface area contributed by atoms with Gasteiger partial charge in [-0.2, -0.15) is 10.1 Å². The fraction of sp³-hybridized carbons (Fsp3) is 0.167. The average molecular weight is 372 g/mol. The van der Waals surface area contributed by atoms with Crippen LogP contribution in [0.2, 0.25) is 5.02 Å². The summed E-state index contributed by atoms with van der Waals surface area (Å²) in [5.74, 6) is 2.52. The summed E-state index contributed by atoms with van der Waals surface area (Å²) >= 11 is 6.12. The van der Waals surface area contributed by atoms with Crippen LogP contribution in [-0.2, 0) is 0 Å². The minimum absolute atomic E-state index is 0.360. The van der Waals surface area contributed by atoms with E-state index in [1.54, 1.807) is 19.4 Å². The molecular formula is C18H18ClN5O2. The minimum atomic E-state index is 0.360. The Balaban J connectivity index is 1.50. The summed E-state index contributed by atoms with van der Waals surface area (Å²) in [4.78, 5) is 4.35. The first-order valence-corrected chi connectivity index (χ1v) is 8.34. The van der Waals surface area contributed by atoms with Crippen LogP contribution in [0.15, 0.2) is 54.7 Å². The monoisotopic (exact) mass is 371 g/mol. The molecule has 0 aliphatic carbocycles. The molecule has 2 N–H and O–H groups in total. The summed E-state index contributed by atoms with van der Waals surface area (Å²) in [5.41, 5.74) is 0.718. The van der Waals surface area contributed by atoms with E-state index >= 15 is 0 Å². The van der Waals surface area contributed by atoms with Crippen molar-refractivity contribution in [2.45, 2.75) is 0 Å². The molecule has 8 heteroatoms. The number of nitrogens with zero attached hydrogens (tertiary/aromatic N) is 3. The predicted octanol–water partition coefficient (Wildman–Crippen LogP) is 3.77. The number of benzene rings is 2. The number of para-hydroxylation sites is 1. The van der Waals surface area contributed by atoms with E-state index in [1.807, 2.05) is 42.5 Å². The van der Waals surface area contributed by atoms with Gasteiger partial charge in [-0.25, -0.2) is 0 Å². The molecule has 3 rings (SSSR count). The topological polar surface area (TPSA) is 81.2 Å². The van der Waals surface area contributed by atoms with Gasteiger partial charge in [-0.05, 0) is 36.4 Å². The maximum absolute atomic E-state index is 6.12. The molecule has 3 aromatic rings. The van der Waals surface area contributed by atoms with Gasteiger partial charge in [0, 0.05) is 0 Å². The van der Waals surface area contributed by atoms with E-state index in [1.165, 1.54) is 0 Å². The zero-order chi connectivity index (χ0) is 18.2. The number of nitrogens with one attached hydrogen (secondary N) is 2. The molecule has 7 nitrogen and oxygen atoms in total. The number of aromatic nitrogens is 3. The Morgan fingerprint density at radius 1 is 1.04 bits per heavy atom. The van der Waals surface area contributed by atoms with Crippen LogP contribution >= 0.6 is 11.6 Å². The van der Waals surface area contributed by atoms with Gasteiger partial charge in [-0.3, -0.25) is 0 Å². The first kappa shape index (κ1) is 17.8. The molecule has 0 fully saturated rings. The molecule has 0 saturated carbocycles. The minimum Gasteiger partial charge on any atom is -0.497 e. The number of rotatable bonds is 8. The van der Waals surface area contributed by atoms with E-state index in [0.29, 0.717) is 29.9 Å². The molecule has 26 heavy (non-hydrogen) atoms. The molecule has 2 aromatic carbocycles. The fourth-order valence-corrected chi connectivity index (χ4v) is 2.33. The van der Waals surface area contributed by atoms with Gasteiger partial charge in [0.2, 0.25) is 5.95 Å². The van der Waals surface area contributed by atoms with Crippen LogP contribution in [0.4, 0.5) is 17.5 Å². The van der Waals surface area contributed by atoms with Crippen molar-refractivity contribution in [2.24, 2.45) is 0 Å². The third-order valence-corrected chi connectivity index (χ3v) is 3.75. The normalized spacial score (nSPS) is 10.2.